The summed E-state index contributed by atoms with van der Waals surface area (Å²) in [5.41, 5.74) is 3.16. The molecule has 1 aliphatic heterocycles. The minimum Gasteiger partial charge on any atom is -0.355 e. The number of nitrogens with one attached hydrogen (secondary N) is 2. The largest absolute Gasteiger partial charge is 0.355 e. The van der Waals surface area contributed by atoms with Crippen LogP contribution in [0.5, 0.6) is 0 Å². The number of carbonyl (C=O) groups is 1. The van der Waals surface area contributed by atoms with Crippen molar-refractivity contribution in [3.8, 4) is 0 Å². The van der Waals surface area contributed by atoms with Gasteiger partial charge in [0.15, 0.2) is 5.96 Å². The minimum absolute atomic E-state index is 0.199. The molecule has 1 saturated heterocycles. The van der Waals surface area contributed by atoms with Crippen LogP contribution in [0.25, 0.3) is 0 Å². The van der Waals surface area contributed by atoms with E-state index in [4.69, 9.17) is 0 Å². The average Bonchev–Trinajstić information content (AvgIpc) is 3.17. The molecule has 2 N–H and O–H groups in total. The van der Waals surface area contributed by atoms with Crippen molar-refractivity contribution in [2.24, 2.45) is 4.99 Å². The topological polar surface area (TPSA) is 73.8 Å². The van der Waals surface area contributed by atoms with Crippen LogP contribution in [-0.2, 0) is 27.9 Å². The van der Waals surface area contributed by atoms with Crippen LogP contribution in [0, 0.1) is 0 Å². The Morgan fingerprint density at radius 2 is 1.83 bits per heavy atom. The first-order valence-electron chi connectivity index (χ1n) is 9.88. The van der Waals surface area contributed by atoms with E-state index in [0.29, 0.717) is 37.0 Å². The van der Waals surface area contributed by atoms with Gasteiger partial charge in [0.05, 0.1) is 0 Å². The summed E-state index contributed by atoms with van der Waals surface area (Å²) in [6.45, 7) is 2.02. The maximum atomic E-state index is 12.2. The van der Waals surface area contributed by atoms with Gasteiger partial charge in [0, 0.05) is 61.1 Å². The van der Waals surface area contributed by atoms with Gasteiger partial charge >= 0.3 is 0 Å². The Bertz CT molecular complexity index is 853. The van der Waals surface area contributed by atoms with Crippen LogP contribution in [0.1, 0.15) is 24.0 Å². The number of hydrogen-bond donors (Lipinski definition) is 2. The highest BCUT2D eigenvalue weighted by Gasteiger charge is 2.21. The van der Waals surface area contributed by atoms with Gasteiger partial charge in [0.1, 0.15) is 0 Å². The normalized spacial score (nSPS) is 15.4. The monoisotopic (exact) mass is 412 g/mol. The molecule has 1 aliphatic rings. The van der Waals surface area contributed by atoms with Gasteiger partial charge in [-0.3, -0.25) is 14.0 Å². The second kappa shape index (κ2) is 10.8. The molecule has 1 heterocycles. The van der Waals surface area contributed by atoms with Crippen molar-refractivity contribution in [2.45, 2.75) is 25.1 Å². The van der Waals surface area contributed by atoms with Gasteiger partial charge in [0.2, 0.25) is 5.91 Å². The van der Waals surface area contributed by atoms with Crippen LogP contribution in [0.4, 0.5) is 5.69 Å². The summed E-state index contributed by atoms with van der Waals surface area (Å²) in [6.07, 6.45) is 1.57. The molecule has 0 aliphatic carbocycles. The smallest absolute Gasteiger partial charge is 0.227 e. The van der Waals surface area contributed by atoms with Crippen LogP contribution in [0.15, 0.2) is 59.6 Å². The summed E-state index contributed by atoms with van der Waals surface area (Å²) >= 11 is 0. The van der Waals surface area contributed by atoms with Gasteiger partial charge in [-0.05, 0) is 29.7 Å². The molecule has 0 spiro atoms. The summed E-state index contributed by atoms with van der Waals surface area (Å²) < 4.78 is 12.2. The Balaban J connectivity index is 1.40. The number of anilines is 1. The highest BCUT2D eigenvalue weighted by atomic mass is 32.2. The lowest BCUT2D eigenvalue weighted by Crippen LogP contribution is -2.38. The molecular weight excluding hydrogens is 384 g/mol. The molecule has 3 rings (SSSR count). The molecule has 7 heteroatoms. The summed E-state index contributed by atoms with van der Waals surface area (Å²) in [7, 11) is 0.807. The molecule has 1 unspecified atom stereocenters. The highest BCUT2D eigenvalue weighted by molar-refractivity contribution is 7.84. The van der Waals surface area contributed by atoms with E-state index in [1.54, 1.807) is 7.05 Å². The van der Waals surface area contributed by atoms with E-state index in [1.165, 1.54) is 0 Å². The molecule has 1 amide bonds. The standard InChI is InChI=1S/C22H28N4O2S/c1-23-22(24-13-15-29(28)17-19-6-3-2-4-7-19)25-16-18-9-11-20(12-10-18)26-14-5-8-21(26)27/h2-4,6-7,9-12H,5,8,13-17H2,1H3,(H2,23,24,25). The first-order valence-corrected chi connectivity index (χ1v) is 11.4. The van der Waals surface area contributed by atoms with Crippen molar-refractivity contribution in [1.29, 1.82) is 0 Å². The second-order valence-corrected chi connectivity index (χ2v) is 8.52. The Kier molecular flexibility index (Phi) is 7.81. The van der Waals surface area contributed by atoms with Crippen LogP contribution in [0.2, 0.25) is 0 Å². The average molecular weight is 413 g/mol. The summed E-state index contributed by atoms with van der Waals surface area (Å²) in [6, 6.07) is 17.9. The van der Waals surface area contributed by atoms with Crippen LogP contribution in [0.3, 0.4) is 0 Å². The Morgan fingerprint density at radius 3 is 2.48 bits per heavy atom. The number of hydrogen-bond acceptors (Lipinski definition) is 3. The zero-order valence-corrected chi connectivity index (χ0v) is 17.6. The third-order valence-corrected chi connectivity index (χ3v) is 6.11. The predicted molar refractivity (Wildman–Crippen MR) is 119 cm³/mol. The highest BCUT2D eigenvalue weighted by Crippen LogP contribution is 2.21. The van der Waals surface area contributed by atoms with Gasteiger partial charge < -0.3 is 15.5 Å². The molecule has 1 fully saturated rings. The van der Waals surface area contributed by atoms with Crippen LogP contribution >= 0.6 is 0 Å². The number of aliphatic imine (C=N–C) groups is 1. The molecule has 0 aromatic heterocycles. The minimum atomic E-state index is -0.914. The lowest BCUT2D eigenvalue weighted by molar-refractivity contribution is -0.117. The van der Waals surface area contributed by atoms with Crippen molar-refractivity contribution >= 4 is 28.4 Å². The SMILES string of the molecule is CN=C(NCCS(=O)Cc1ccccc1)NCc1ccc(N2CCCC2=O)cc1. The third-order valence-electron chi connectivity index (χ3n) is 4.80. The van der Waals surface area contributed by atoms with E-state index in [0.717, 1.165) is 29.8 Å². The van der Waals surface area contributed by atoms with Crippen molar-refractivity contribution in [3.63, 3.8) is 0 Å². The number of benzene rings is 2. The van der Waals surface area contributed by atoms with Gasteiger partial charge in [-0.25, -0.2) is 0 Å². The van der Waals surface area contributed by atoms with Crippen molar-refractivity contribution in [3.05, 3.63) is 65.7 Å². The molecule has 154 valence electrons. The van der Waals surface area contributed by atoms with E-state index >= 15 is 0 Å². The molecule has 1 atom stereocenters. The fourth-order valence-electron chi connectivity index (χ4n) is 3.24. The van der Waals surface area contributed by atoms with E-state index < -0.39 is 10.8 Å². The molecule has 29 heavy (non-hydrogen) atoms. The fraction of sp³-hybridized carbons (Fsp3) is 0.364. The van der Waals surface area contributed by atoms with Gasteiger partial charge in [-0.2, -0.15) is 0 Å². The number of rotatable bonds is 8. The van der Waals surface area contributed by atoms with Gasteiger partial charge in [-0.15, -0.1) is 0 Å². The maximum absolute atomic E-state index is 12.2. The molecule has 0 bridgehead atoms. The first-order chi connectivity index (χ1) is 14.2. The van der Waals surface area contributed by atoms with Crippen molar-refractivity contribution < 1.29 is 9.00 Å². The van der Waals surface area contributed by atoms with E-state index in [2.05, 4.69) is 15.6 Å². The Labute approximate surface area is 174 Å². The van der Waals surface area contributed by atoms with Crippen molar-refractivity contribution in [1.82, 2.24) is 10.6 Å². The molecule has 0 radical (unpaired) electrons. The summed E-state index contributed by atoms with van der Waals surface area (Å²) in [5, 5.41) is 6.48. The van der Waals surface area contributed by atoms with E-state index in [1.807, 2.05) is 59.5 Å². The van der Waals surface area contributed by atoms with Gasteiger partial charge in [-0.1, -0.05) is 42.5 Å². The Hall–Kier alpha value is -2.67. The zero-order valence-electron chi connectivity index (χ0n) is 16.8. The fourth-order valence-corrected chi connectivity index (χ4v) is 4.28. The third kappa shape index (κ3) is 6.42. The summed E-state index contributed by atoms with van der Waals surface area (Å²) in [5.74, 6) is 2.01. The number of carbonyl (C=O) groups excluding carboxylic acids is 1. The van der Waals surface area contributed by atoms with Crippen LogP contribution in [-0.4, -0.2) is 42.0 Å². The molecule has 6 nitrogen and oxygen atoms in total. The number of guanidine groups is 1. The second-order valence-electron chi connectivity index (χ2n) is 6.94. The predicted octanol–water partition coefficient (Wildman–Crippen LogP) is 2.43. The number of nitrogens with zero attached hydrogens (tertiary/aromatic N) is 2. The Morgan fingerprint density at radius 1 is 1.07 bits per heavy atom. The summed E-state index contributed by atoms with van der Waals surface area (Å²) in [4.78, 5) is 17.9. The van der Waals surface area contributed by atoms with Gasteiger partial charge in [0.25, 0.3) is 0 Å². The quantitative estimate of drug-likeness (QED) is 0.516. The van der Waals surface area contributed by atoms with E-state index in [9.17, 15) is 9.00 Å². The molecular formula is C22H28N4O2S. The van der Waals surface area contributed by atoms with Crippen LogP contribution < -0.4 is 15.5 Å². The lowest BCUT2D eigenvalue weighted by Gasteiger charge is -2.16. The number of amides is 1. The van der Waals surface area contributed by atoms with Crippen molar-refractivity contribution in [2.75, 3.05) is 30.8 Å². The first kappa shape index (κ1) is 21.0. The molecule has 0 saturated carbocycles. The maximum Gasteiger partial charge on any atom is 0.227 e. The van der Waals surface area contributed by atoms with E-state index in [-0.39, 0.29) is 5.91 Å². The zero-order chi connectivity index (χ0) is 20.5. The molecule has 2 aromatic rings. The molecule has 2 aromatic carbocycles. The lowest BCUT2D eigenvalue weighted by atomic mass is 10.2.